The van der Waals surface area contributed by atoms with E-state index in [1.807, 2.05) is 54.7 Å². The summed E-state index contributed by atoms with van der Waals surface area (Å²) in [5.41, 5.74) is 6.05. The molecule has 0 aliphatic carbocycles. The lowest BCUT2D eigenvalue weighted by molar-refractivity contribution is -0.131. The van der Waals surface area contributed by atoms with Gasteiger partial charge in [-0.05, 0) is 41.0 Å². The van der Waals surface area contributed by atoms with Gasteiger partial charge < -0.3 is 10.1 Å². The third kappa shape index (κ3) is 4.45. The van der Waals surface area contributed by atoms with Crippen molar-refractivity contribution in [2.75, 3.05) is 0 Å². The maximum Gasteiger partial charge on any atom is 0.328 e. The van der Waals surface area contributed by atoms with E-state index in [-0.39, 0.29) is 12.4 Å². The van der Waals surface area contributed by atoms with Gasteiger partial charge in [-0.1, -0.05) is 36.4 Å². The Hall–Kier alpha value is -3.44. The van der Waals surface area contributed by atoms with Crippen molar-refractivity contribution >= 4 is 35.5 Å². The van der Waals surface area contributed by atoms with Crippen molar-refractivity contribution in [2.45, 2.75) is 6.42 Å². The highest BCUT2D eigenvalue weighted by atomic mass is 35.5. The molecule has 2 heterocycles. The highest BCUT2D eigenvalue weighted by Crippen LogP contribution is 2.23. The summed E-state index contributed by atoms with van der Waals surface area (Å²) in [6, 6.07) is 17.9. The number of carboxylic acid groups (broad SMARTS) is 1. The zero-order valence-electron chi connectivity index (χ0n) is 14.9. The quantitative estimate of drug-likeness (QED) is 0.482. The molecule has 0 atom stereocenters. The number of H-pyrrole nitrogens is 1. The number of nitrogens with zero attached hydrogens (tertiary/aromatic N) is 2. The first-order valence-electron chi connectivity index (χ1n) is 8.56. The number of benzene rings is 2. The van der Waals surface area contributed by atoms with Crippen LogP contribution in [-0.4, -0.2) is 26.0 Å². The summed E-state index contributed by atoms with van der Waals surface area (Å²) in [7, 11) is 0. The first-order valence-corrected chi connectivity index (χ1v) is 8.56. The molecule has 4 aromatic rings. The third-order valence-corrected chi connectivity index (χ3v) is 4.30. The average Bonchev–Trinajstić information content (AvgIpc) is 3.09. The molecule has 0 amide bonds. The molecule has 28 heavy (non-hydrogen) atoms. The summed E-state index contributed by atoms with van der Waals surface area (Å²) in [4.78, 5) is 22.8. The summed E-state index contributed by atoms with van der Waals surface area (Å²) in [6.45, 7) is 0. The Kier molecular flexibility index (Phi) is 5.87. The average molecular weight is 392 g/mol. The molecule has 0 aliphatic heterocycles. The van der Waals surface area contributed by atoms with Crippen molar-refractivity contribution in [2.24, 2.45) is 0 Å². The van der Waals surface area contributed by atoms with Gasteiger partial charge >= 0.3 is 5.97 Å². The molecule has 5 nitrogen and oxygen atoms in total. The fourth-order valence-corrected chi connectivity index (χ4v) is 2.97. The smallest absolute Gasteiger partial charge is 0.328 e. The van der Waals surface area contributed by atoms with Crippen LogP contribution in [0.3, 0.4) is 0 Å². The van der Waals surface area contributed by atoms with Gasteiger partial charge in [0.2, 0.25) is 0 Å². The monoisotopic (exact) mass is 391 g/mol. The van der Waals surface area contributed by atoms with Crippen LogP contribution in [0.4, 0.5) is 0 Å². The van der Waals surface area contributed by atoms with Gasteiger partial charge in [0, 0.05) is 30.5 Å². The van der Waals surface area contributed by atoms with Gasteiger partial charge in [0.15, 0.2) is 0 Å². The van der Waals surface area contributed by atoms with Crippen molar-refractivity contribution in [3.63, 3.8) is 0 Å². The topological polar surface area (TPSA) is 78.9 Å². The van der Waals surface area contributed by atoms with Crippen molar-refractivity contribution in [3.05, 3.63) is 90.0 Å². The predicted octanol–water partition coefficient (Wildman–Crippen LogP) is 4.74. The number of hydrogen-bond donors (Lipinski definition) is 2. The second-order valence-electron chi connectivity index (χ2n) is 6.25. The summed E-state index contributed by atoms with van der Waals surface area (Å²) < 4.78 is 0. The van der Waals surface area contributed by atoms with Crippen LogP contribution in [0.1, 0.15) is 17.0 Å². The van der Waals surface area contributed by atoms with Crippen LogP contribution >= 0.6 is 12.4 Å². The number of nitrogens with one attached hydrogen (secondary N) is 1. The zero-order valence-corrected chi connectivity index (χ0v) is 15.7. The molecule has 0 unspecified atom stereocenters. The van der Waals surface area contributed by atoms with Crippen LogP contribution in [0.2, 0.25) is 0 Å². The van der Waals surface area contributed by atoms with Gasteiger partial charge in [0.25, 0.3) is 0 Å². The van der Waals surface area contributed by atoms with Crippen LogP contribution in [0, 0.1) is 0 Å². The van der Waals surface area contributed by atoms with E-state index in [2.05, 4.69) is 21.0 Å². The maximum atomic E-state index is 10.6. The van der Waals surface area contributed by atoms with Gasteiger partial charge in [-0.25, -0.2) is 9.78 Å². The van der Waals surface area contributed by atoms with E-state index >= 15 is 0 Å². The number of pyridine rings is 1. The first-order chi connectivity index (χ1) is 13.2. The molecule has 4 rings (SSSR count). The lowest BCUT2D eigenvalue weighted by atomic mass is 10.1. The lowest BCUT2D eigenvalue weighted by Gasteiger charge is -2.00. The van der Waals surface area contributed by atoms with Crippen LogP contribution in [0.15, 0.2) is 73.1 Å². The van der Waals surface area contributed by atoms with Crippen molar-refractivity contribution < 1.29 is 9.90 Å². The van der Waals surface area contributed by atoms with E-state index in [0.29, 0.717) is 6.42 Å². The van der Waals surface area contributed by atoms with E-state index < -0.39 is 5.97 Å². The summed E-state index contributed by atoms with van der Waals surface area (Å²) in [5.74, 6) is -0.0610. The molecule has 0 saturated carbocycles. The Morgan fingerprint density at radius 1 is 1.07 bits per heavy atom. The fraction of sp³-hybridized carbons (Fsp3) is 0.0455. The normalized spacial score (nSPS) is 10.9. The molecular formula is C22H18ClN3O2. The maximum absolute atomic E-state index is 10.6. The Labute approximate surface area is 168 Å². The van der Waals surface area contributed by atoms with Crippen molar-refractivity contribution in [1.82, 2.24) is 15.0 Å². The number of hydrogen-bond acceptors (Lipinski definition) is 3. The second-order valence-corrected chi connectivity index (χ2v) is 6.25. The molecule has 2 aromatic carbocycles. The molecule has 6 heteroatoms. The predicted molar refractivity (Wildman–Crippen MR) is 112 cm³/mol. The van der Waals surface area contributed by atoms with E-state index in [9.17, 15) is 4.79 Å². The largest absolute Gasteiger partial charge is 0.478 e. The lowest BCUT2D eigenvalue weighted by Crippen LogP contribution is -1.91. The number of fused-ring (bicyclic) bond motifs is 1. The standard InChI is InChI=1S/C22H17N3O2.ClH/c26-22(27)10-7-15-3-5-16(6-4-15)12-21-24-19-9-8-17(13-20(19)25-21)18-2-1-11-23-14-18;/h1-11,13-14H,12H2,(H,24,25)(H,26,27);1H/b10-7+;. The van der Waals surface area contributed by atoms with Gasteiger partial charge in [-0.3, -0.25) is 4.98 Å². The second kappa shape index (κ2) is 8.50. The molecule has 0 aliphatic rings. The molecule has 2 N–H and O–H groups in total. The number of carbonyl (C=O) groups is 1. The van der Waals surface area contributed by atoms with Crippen LogP contribution in [0.5, 0.6) is 0 Å². The number of imidazole rings is 1. The number of rotatable bonds is 5. The van der Waals surface area contributed by atoms with Crippen LogP contribution in [0.25, 0.3) is 28.2 Å². The summed E-state index contributed by atoms with van der Waals surface area (Å²) in [5, 5.41) is 8.68. The molecule has 0 bridgehead atoms. The van der Waals surface area contributed by atoms with Gasteiger partial charge in [-0.2, -0.15) is 0 Å². The zero-order chi connectivity index (χ0) is 18.6. The summed E-state index contributed by atoms with van der Waals surface area (Å²) >= 11 is 0. The van der Waals surface area contributed by atoms with Crippen LogP contribution < -0.4 is 0 Å². The summed E-state index contributed by atoms with van der Waals surface area (Å²) in [6.07, 6.45) is 7.00. The van der Waals surface area contributed by atoms with Crippen molar-refractivity contribution in [3.8, 4) is 11.1 Å². The Bertz CT molecular complexity index is 1120. The minimum absolute atomic E-state index is 0. The highest BCUT2D eigenvalue weighted by Gasteiger charge is 2.06. The minimum Gasteiger partial charge on any atom is -0.478 e. The number of aromatic nitrogens is 3. The number of aliphatic carboxylic acids is 1. The highest BCUT2D eigenvalue weighted by molar-refractivity contribution is 5.85. The minimum atomic E-state index is -0.952. The molecule has 2 aromatic heterocycles. The fourth-order valence-electron chi connectivity index (χ4n) is 2.97. The Morgan fingerprint density at radius 3 is 2.61 bits per heavy atom. The molecule has 0 fully saturated rings. The molecule has 0 saturated heterocycles. The SMILES string of the molecule is Cl.O=C(O)/C=C/c1ccc(Cc2nc3ccc(-c4cccnc4)cc3[nH]2)cc1. The van der Waals surface area contributed by atoms with Gasteiger partial charge in [0.05, 0.1) is 11.0 Å². The first kappa shape index (κ1) is 19.3. The molecule has 0 radical (unpaired) electrons. The Morgan fingerprint density at radius 2 is 1.89 bits per heavy atom. The third-order valence-electron chi connectivity index (χ3n) is 4.30. The Balaban J connectivity index is 0.00000225. The van der Waals surface area contributed by atoms with E-state index in [4.69, 9.17) is 5.11 Å². The number of halogens is 1. The van der Waals surface area contributed by atoms with E-state index in [0.717, 1.165) is 45.2 Å². The number of carboxylic acids is 1. The number of aromatic amines is 1. The van der Waals surface area contributed by atoms with E-state index in [1.54, 1.807) is 12.3 Å². The van der Waals surface area contributed by atoms with Crippen LogP contribution in [-0.2, 0) is 11.2 Å². The van der Waals surface area contributed by atoms with Crippen molar-refractivity contribution in [1.29, 1.82) is 0 Å². The molecular weight excluding hydrogens is 374 g/mol. The molecule has 140 valence electrons. The van der Waals surface area contributed by atoms with Gasteiger partial charge in [-0.15, -0.1) is 12.4 Å². The van der Waals surface area contributed by atoms with Gasteiger partial charge in [0.1, 0.15) is 5.82 Å². The molecule has 0 spiro atoms. The van der Waals surface area contributed by atoms with E-state index in [1.165, 1.54) is 0 Å².